The van der Waals surface area contributed by atoms with E-state index in [-0.39, 0.29) is 12.4 Å². The molecule has 68 valence electrons. The van der Waals surface area contributed by atoms with Gasteiger partial charge in [-0.3, -0.25) is 4.79 Å². The molecular weight excluding hydrogens is 211 g/mol. The van der Waals surface area contributed by atoms with Gasteiger partial charge in [0.2, 0.25) is 0 Å². The van der Waals surface area contributed by atoms with Gasteiger partial charge in [0, 0.05) is 5.56 Å². The van der Waals surface area contributed by atoms with E-state index in [0.717, 1.165) is 11.0 Å². The second-order valence-corrected chi connectivity index (χ2v) is 2.75. The molecule has 2 rings (SSSR count). The molecule has 1 aromatic heterocycles. The van der Waals surface area contributed by atoms with Crippen molar-refractivity contribution in [3.8, 4) is 0 Å². The van der Waals surface area contributed by atoms with Crippen LogP contribution in [-0.4, -0.2) is 15.2 Å². The Balaban J connectivity index is 0.000000845. The van der Waals surface area contributed by atoms with Crippen molar-refractivity contribution in [1.82, 2.24) is 9.97 Å². The number of nitrogens with one attached hydrogen (secondary N) is 1. The summed E-state index contributed by atoms with van der Waals surface area (Å²) >= 11 is 5.30. The van der Waals surface area contributed by atoms with Gasteiger partial charge < -0.3 is 4.98 Å². The monoisotopic (exact) mass is 216 g/mol. The first-order valence-electron chi connectivity index (χ1n) is 3.40. The molecule has 0 aliphatic rings. The topological polar surface area (TPSA) is 45.8 Å². The van der Waals surface area contributed by atoms with E-state index in [2.05, 4.69) is 9.97 Å². The van der Waals surface area contributed by atoms with Crippen molar-refractivity contribution in [2.45, 2.75) is 0 Å². The van der Waals surface area contributed by atoms with E-state index in [4.69, 9.17) is 11.6 Å². The Bertz CT molecular complexity index is 438. The summed E-state index contributed by atoms with van der Waals surface area (Å²) in [4.78, 5) is 17.6. The van der Waals surface area contributed by atoms with E-state index in [9.17, 15) is 4.79 Å². The molecule has 0 radical (unpaired) electrons. The van der Waals surface area contributed by atoms with Crippen molar-refractivity contribution < 1.29 is 4.79 Å². The predicted octanol–water partition coefficient (Wildman–Crippen LogP) is 2.36. The van der Waals surface area contributed by atoms with Gasteiger partial charge in [0.1, 0.15) is 0 Å². The van der Waals surface area contributed by atoms with Gasteiger partial charge in [-0.1, -0.05) is 0 Å². The molecule has 0 saturated carbocycles. The molecular formula is C8H6Cl2N2O. The Morgan fingerprint density at radius 1 is 1.46 bits per heavy atom. The first-order valence-corrected chi connectivity index (χ1v) is 3.78. The molecule has 0 saturated heterocycles. The highest BCUT2D eigenvalue weighted by Crippen LogP contribution is 2.12. The smallest absolute Gasteiger partial charge is 0.252 e. The van der Waals surface area contributed by atoms with Gasteiger partial charge in [-0.05, 0) is 29.8 Å². The number of H-pyrrole nitrogens is 1. The predicted molar refractivity (Wildman–Crippen MR) is 53.5 cm³/mol. The van der Waals surface area contributed by atoms with Gasteiger partial charge in [-0.15, -0.1) is 12.4 Å². The van der Waals surface area contributed by atoms with Crippen molar-refractivity contribution in [2.24, 2.45) is 0 Å². The Labute approximate surface area is 85.5 Å². The summed E-state index contributed by atoms with van der Waals surface area (Å²) in [5.74, 6) is 0. The zero-order valence-electron chi connectivity index (χ0n) is 6.45. The maximum Gasteiger partial charge on any atom is 0.252 e. The van der Waals surface area contributed by atoms with E-state index < -0.39 is 5.24 Å². The van der Waals surface area contributed by atoms with Crippen molar-refractivity contribution in [3.63, 3.8) is 0 Å². The third-order valence-electron chi connectivity index (χ3n) is 1.65. The number of fused-ring (bicyclic) bond motifs is 1. The molecule has 2 aromatic rings. The number of hydrogen-bond donors (Lipinski definition) is 1. The quantitative estimate of drug-likeness (QED) is 0.745. The van der Waals surface area contributed by atoms with Crippen LogP contribution in [0.2, 0.25) is 0 Å². The van der Waals surface area contributed by atoms with Crippen LogP contribution in [0.25, 0.3) is 11.0 Å². The standard InChI is InChI=1S/C8H5ClN2O.ClH/c9-8(12)5-1-2-6-7(3-5)11-4-10-6;/h1-4H,(H,10,11);1H. The van der Waals surface area contributed by atoms with Crippen molar-refractivity contribution >= 4 is 40.3 Å². The van der Waals surface area contributed by atoms with Crippen LogP contribution < -0.4 is 0 Å². The van der Waals surface area contributed by atoms with Gasteiger partial charge >= 0.3 is 0 Å². The van der Waals surface area contributed by atoms with Gasteiger partial charge in [0.05, 0.1) is 17.4 Å². The van der Waals surface area contributed by atoms with Crippen LogP contribution in [0.5, 0.6) is 0 Å². The third-order valence-corrected chi connectivity index (χ3v) is 1.87. The molecule has 0 unspecified atom stereocenters. The third kappa shape index (κ3) is 1.82. The number of aromatic amines is 1. The fraction of sp³-hybridized carbons (Fsp3) is 0. The maximum absolute atomic E-state index is 10.7. The van der Waals surface area contributed by atoms with E-state index >= 15 is 0 Å². The van der Waals surface area contributed by atoms with Crippen LogP contribution in [0.15, 0.2) is 24.5 Å². The average Bonchev–Trinajstić information content (AvgIpc) is 2.49. The van der Waals surface area contributed by atoms with E-state index in [1.807, 2.05) is 0 Å². The largest absolute Gasteiger partial charge is 0.345 e. The second-order valence-electron chi connectivity index (χ2n) is 2.41. The molecule has 0 aliphatic heterocycles. The lowest BCUT2D eigenvalue weighted by Crippen LogP contribution is -1.87. The van der Waals surface area contributed by atoms with Crippen molar-refractivity contribution in [3.05, 3.63) is 30.1 Å². The Hall–Kier alpha value is -1.06. The maximum atomic E-state index is 10.7. The molecule has 0 atom stereocenters. The van der Waals surface area contributed by atoms with Gasteiger partial charge in [-0.25, -0.2) is 4.98 Å². The summed E-state index contributed by atoms with van der Waals surface area (Å²) in [5, 5.41) is -0.452. The number of rotatable bonds is 1. The lowest BCUT2D eigenvalue weighted by atomic mass is 10.2. The number of carbonyl (C=O) groups is 1. The number of nitrogens with zero attached hydrogens (tertiary/aromatic N) is 1. The van der Waals surface area contributed by atoms with Crippen LogP contribution in [0, 0.1) is 0 Å². The highest BCUT2D eigenvalue weighted by atomic mass is 35.5. The molecule has 0 spiro atoms. The van der Waals surface area contributed by atoms with E-state index in [1.165, 1.54) is 0 Å². The fourth-order valence-electron chi connectivity index (χ4n) is 1.06. The minimum Gasteiger partial charge on any atom is -0.345 e. The number of halogens is 2. The molecule has 0 fully saturated rings. The minimum atomic E-state index is -0.452. The molecule has 3 nitrogen and oxygen atoms in total. The summed E-state index contributed by atoms with van der Waals surface area (Å²) in [6.45, 7) is 0. The van der Waals surface area contributed by atoms with Crippen LogP contribution in [0.1, 0.15) is 10.4 Å². The number of benzene rings is 1. The van der Waals surface area contributed by atoms with Crippen molar-refractivity contribution in [2.75, 3.05) is 0 Å². The van der Waals surface area contributed by atoms with E-state index in [0.29, 0.717) is 5.56 Å². The number of carbonyl (C=O) groups excluding carboxylic acids is 1. The van der Waals surface area contributed by atoms with Crippen LogP contribution in [0.3, 0.4) is 0 Å². The van der Waals surface area contributed by atoms with Gasteiger partial charge in [0.25, 0.3) is 5.24 Å². The van der Waals surface area contributed by atoms with Crippen molar-refractivity contribution in [1.29, 1.82) is 0 Å². The van der Waals surface area contributed by atoms with E-state index in [1.54, 1.807) is 24.5 Å². The lowest BCUT2D eigenvalue weighted by Gasteiger charge is -1.91. The Kier molecular flexibility index (Phi) is 2.90. The summed E-state index contributed by atoms with van der Waals surface area (Å²) in [7, 11) is 0. The van der Waals surface area contributed by atoms with Gasteiger partial charge in [0.15, 0.2) is 0 Å². The summed E-state index contributed by atoms with van der Waals surface area (Å²) in [5.41, 5.74) is 2.13. The zero-order chi connectivity index (χ0) is 8.55. The Morgan fingerprint density at radius 3 is 2.92 bits per heavy atom. The number of imidazole rings is 1. The molecule has 1 aromatic carbocycles. The summed E-state index contributed by atoms with van der Waals surface area (Å²) in [6, 6.07) is 5.08. The number of hydrogen-bond acceptors (Lipinski definition) is 2. The minimum absolute atomic E-state index is 0. The zero-order valence-corrected chi connectivity index (χ0v) is 8.02. The molecule has 13 heavy (non-hydrogen) atoms. The molecule has 0 amide bonds. The highest BCUT2D eigenvalue weighted by Gasteiger charge is 2.02. The second kappa shape index (κ2) is 3.77. The molecule has 1 heterocycles. The van der Waals surface area contributed by atoms with Crippen LogP contribution in [-0.2, 0) is 0 Å². The molecule has 0 bridgehead atoms. The lowest BCUT2D eigenvalue weighted by molar-refractivity contribution is 0.108. The van der Waals surface area contributed by atoms with Gasteiger partial charge in [-0.2, -0.15) is 0 Å². The van der Waals surface area contributed by atoms with Crippen LogP contribution in [0.4, 0.5) is 0 Å². The SMILES string of the molecule is Cl.O=C(Cl)c1ccc2nc[nH]c2c1. The molecule has 0 aliphatic carbocycles. The Morgan fingerprint density at radius 2 is 2.23 bits per heavy atom. The average molecular weight is 217 g/mol. The highest BCUT2D eigenvalue weighted by molar-refractivity contribution is 6.67. The first-order chi connectivity index (χ1) is 5.77. The normalized spacial score (nSPS) is 9.62. The molecule has 5 heteroatoms. The van der Waals surface area contributed by atoms with Crippen LogP contribution >= 0.6 is 24.0 Å². The summed E-state index contributed by atoms with van der Waals surface area (Å²) < 4.78 is 0. The fourth-order valence-corrected chi connectivity index (χ4v) is 1.18. The molecule has 1 N–H and O–H groups in total. The first kappa shape index (κ1) is 10.0. The number of aromatic nitrogens is 2. The summed E-state index contributed by atoms with van der Waals surface area (Å²) in [6.07, 6.45) is 1.58.